The molecule has 4 rings (SSSR count). The van der Waals surface area contributed by atoms with Gasteiger partial charge >= 0.3 is 11.9 Å². The zero-order valence-corrected chi connectivity index (χ0v) is 20.0. The van der Waals surface area contributed by atoms with Gasteiger partial charge in [-0.2, -0.15) is 0 Å². The summed E-state index contributed by atoms with van der Waals surface area (Å²) in [7, 11) is 0. The Balaban J connectivity index is 1.60. The van der Waals surface area contributed by atoms with Crippen LogP contribution in [0, 0.1) is 0 Å². The van der Waals surface area contributed by atoms with Crippen LogP contribution in [0.5, 0.6) is 5.75 Å². The molecule has 0 atom stereocenters. The average molecular weight is 504 g/mol. The van der Waals surface area contributed by atoms with Crippen LogP contribution in [0.25, 0.3) is 6.08 Å². The van der Waals surface area contributed by atoms with Crippen LogP contribution < -0.4 is 4.74 Å². The van der Waals surface area contributed by atoms with E-state index in [9.17, 15) is 9.59 Å². The maximum atomic E-state index is 12.6. The van der Waals surface area contributed by atoms with E-state index in [2.05, 4.69) is 41.7 Å². The fourth-order valence-electron chi connectivity index (χ4n) is 3.27. The number of esters is 2. The number of hydrogen-bond donors (Lipinski definition) is 0. The largest absolute Gasteiger partial charge is 0.422 e. The summed E-state index contributed by atoms with van der Waals surface area (Å²) in [6.45, 7) is 6.41. The van der Waals surface area contributed by atoms with Gasteiger partial charge in [-0.15, -0.1) is 0 Å². The van der Waals surface area contributed by atoms with Crippen molar-refractivity contribution >= 4 is 39.8 Å². The van der Waals surface area contributed by atoms with Gasteiger partial charge in [0.25, 0.3) is 0 Å². The monoisotopic (exact) mass is 503 g/mol. The lowest BCUT2D eigenvalue weighted by Crippen LogP contribution is -2.11. The number of carbonyl (C=O) groups is 2. The van der Waals surface area contributed by atoms with E-state index < -0.39 is 11.9 Å². The second-order valence-electron chi connectivity index (χ2n) is 8.57. The molecule has 3 aromatic carbocycles. The highest BCUT2D eigenvalue weighted by Crippen LogP contribution is 2.27. The van der Waals surface area contributed by atoms with Gasteiger partial charge in [0.05, 0.1) is 5.56 Å². The lowest BCUT2D eigenvalue weighted by molar-refractivity contribution is -0.129. The van der Waals surface area contributed by atoms with E-state index in [-0.39, 0.29) is 17.0 Å². The van der Waals surface area contributed by atoms with Gasteiger partial charge in [-0.1, -0.05) is 63.2 Å². The standard InChI is InChI=1S/C27H22BrNO4/c1-27(2,3)19-14-12-17(13-15-19)24-29-22(26(31)33-24)16-18-8-4-7-11-23(18)32-25(30)20-9-5-6-10-21(20)28/h4-16H,1-3H3. The molecule has 1 heterocycles. The van der Waals surface area contributed by atoms with Crippen molar-refractivity contribution in [1.82, 2.24) is 0 Å². The van der Waals surface area contributed by atoms with Crippen molar-refractivity contribution in [3.05, 3.63) is 105 Å². The molecule has 1 aliphatic heterocycles. The Bertz CT molecular complexity index is 1280. The maximum absolute atomic E-state index is 12.6. The van der Waals surface area contributed by atoms with Crippen LogP contribution in [0.1, 0.15) is 47.8 Å². The van der Waals surface area contributed by atoms with Crippen molar-refractivity contribution in [2.24, 2.45) is 4.99 Å². The third-order valence-corrected chi connectivity index (χ3v) is 5.82. The van der Waals surface area contributed by atoms with Gasteiger partial charge < -0.3 is 9.47 Å². The predicted molar refractivity (Wildman–Crippen MR) is 131 cm³/mol. The molecule has 1 aliphatic rings. The maximum Gasteiger partial charge on any atom is 0.363 e. The first-order chi connectivity index (χ1) is 15.7. The number of halogens is 1. The Morgan fingerprint density at radius 1 is 0.970 bits per heavy atom. The number of benzene rings is 3. The normalized spacial score (nSPS) is 14.7. The second kappa shape index (κ2) is 9.16. The summed E-state index contributed by atoms with van der Waals surface area (Å²) in [6, 6.07) is 21.8. The van der Waals surface area contributed by atoms with E-state index >= 15 is 0 Å². The summed E-state index contributed by atoms with van der Waals surface area (Å²) in [5, 5.41) is 0. The summed E-state index contributed by atoms with van der Waals surface area (Å²) in [4.78, 5) is 29.5. The van der Waals surface area contributed by atoms with Gasteiger partial charge in [-0.05, 0) is 63.3 Å². The lowest BCUT2D eigenvalue weighted by Gasteiger charge is -2.18. The van der Waals surface area contributed by atoms with E-state index in [4.69, 9.17) is 9.47 Å². The molecule has 0 radical (unpaired) electrons. The quantitative estimate of drug-likeness (QED) is 0.237. The highest BCUT2D eigenvalue weighted by atomic mass is 79.9. The number of nitrogens with zero attached hydrogens (tertiary/aromatic N) is 1. The highest BCUT2D eigenvalue weighted by molar-refractivity contribution is 9.10. The highest BCUT2D eigenvalue weighted by Gasteiger charge is 2.25. The molecule has 0 aliphatic carbocycles. The van der Waals surface area contributed by atoms with Crippen LogP contribution in [0.3, 0.4) is 0 Å². The summed E-state index contributed by atoms with van der Waals surface area (Å²) >= 11 is 3.36. The van der Waals surface area contributed by atoms with Crippen molar-refractivity contribution in [2.75, 3.05) is 0 Å². The van der Waals surface area contributed by atoms with Gasteiger partial charge in [0.2, 0.25) is 5.90 Å². The van der Waals surface area contributed by atoms with Gasteiger partial charge in [-0.3, -0.25) is 0 Å². The number of carbonyl (C=O) groups excluding carboxylic acids is 2. The van der Waals surface area contributed by atoms with Gasteiger partial charge in [0.15, 0.2) is 5.70 Å². The third kappa shape index (κ3) is 5.12. The van der Waals surface area contributed by atoms with Gasteiger partial charge in [0, 0.05) is 15.6 Å². The smallest absolute Gasteiger partial charge is 0.363 e. The minimum absolute atomic E-state index is 0.0221. The van der Waals surface area contributed by atoms with Crippen molar-refractivity contribution < 1.29 is 19.1 Å². The fraction of sp³-hybridized carbons (Fsp3) is 0.148. The van der Waals surface area contributed by atoms with Gasteiger partial charge in [0.1, 0.15) is 5.75 Å². The predicted octanol–water partition coefficient (Wildman–Crippen LogP) is 6.31. The molecule has 0 unspecified atom stereocenters. The first-order valence-corrected chi connectivity index (χ1v) is 11.2. The van der Waals surface area contributed by atoms with E-state index in [1.807, 2.05) is 30.3 Å². The Hall–Kier alpha value is -3.51. The van der Waals surface area contributed by atoms with Crippen LogP contribution >= 0.6 is 15.9 Å². The molecule has 0 amide bonds. The zero-order valence-electron chi connectivity index (χ0n) is 18.5. The molecule has 0 fully saturated rings. The van der Waals surface area contributed by atoms with Crippen molar-refractivity contribution in [3.8, 4) is 5.75 Å². The average Bonchev–Trinajstić information content (AvgIpc) is 3.15. The molecule has 6 heteroatoms. The number of para-hydroxylation sites is 1. The topological polar surface area (TPSA) is 65.0 Å². The van der Waals surface area contributed by atoms with Crippen LogP contribution in [-0.2, 0) is 14.9 Å². The molecule has 0 N–H and O–H groups in total. The minimum Gasteiger partial charge on any atom is -0.422 e. The Morgan fingerprint density at radius 2 is 1.64 bits per heavy atom. The van der Waals surface area contributed by atoms with Crippen LogP contribution in [0.15, 0.2) is 88.0 Å². The van der Waals surface area contributed by atoms with Crippen LogP contribution in [0.2, 0.25) is 0 Å². The second-order valence-corrected chi connectivity index (χ2v) is 9.42. The van der Waals surface area contributed by atoms with E-state index in [1.54, 1.807) is 48.5 Å². The number of ether oxygens (including phenoxy) is 2. The number of hydrogen-bond acceptors (Lipinski definition) is 5. The fourth-order valence-corrected chi connectivity index (χ4v) is 3.71. The van der Waals surface area contributed by atoms with Crippen LogP contribution in [-0.4, -0.2) is 17.8 Å². The molecule has 0 aromatic heterocycles. The Morgan fingerprint density at radius 3 is 2.33 bits per heavy atom. The molecule has 0 bridgehead atoms. The molecule has 3 aromatic rings. The molecule has 5 nitrogen and oxygen atoms in total. The molecular weight excluding hydrogens is 482 g/mol. The molecule has 166 valence electrons. The summed E-state index contributed by atoms with van der Waals surface area (Å²) < 4.78 is 11.6. The number of aliphatic imine (C=N–C) groups is 1. The van der Waals surface area contributed by atoms with Crippen LogP contribution in [0.4, 0.5) is 0 Å². The molecule has 0 saturated heterocycles. The van der Waals surface area contributed by atoms with E-state index in [0.717, 1.165) is 0 Å². The third-order valence-electron chi connectivity index (χ3n) is 5.13. The van der Waals surface area contributed by atoms with E-state index in [0.29, 0.717) is 26.9 Å². The number of rotatable bonds is 4. The van der Waals surface area contributed by atoms with Crippen molar-refractivity contribution in [2.45, 2.75) is 26.2 Å². The lowest BCUT2D eigenvalue weighted by atomic mass is 9.87. The first kappa shape index (κ1) is 22.7. The molecule has 0 spiro atoms. The first-order valence-electron chi connectivity index (χ1n) is 10.4. The van der Waals surface area contributed by atoms with Crippen molar-refractivity contribution in [1.29, 1.82) is 0 Å². The minimum atomic E-state index is -0.558. The summed E-state index contributed by atoms with van der Waals surface area (Å²) in [6.07, 6.45) is 1.56. The summed E-state index contributed by atoms with van der Waals surface area (Å²) in [5.41, 5.74) is 2.99. The van der Waals surface area contributed by atoms with E-state index in [1.165, 1.54) is 5.56 Å². The molecular formula is C27H22BrNO4. The Kier molecular flexibility index (Phi) is 6.29. The number of cyclic esters (lactones) is 1. The van der Waals surface area contributed by atoms with Gasteiger partial charge in [-0.25, -0.2) is 14.6 Å². The SMILES string of the molecule is CC(C)(C)c1ccc(C2=NC(=Cc3ccccc3OC(=O)c3ccccc3Br)C(=O)O2)cc1. The Labute approximate surface area is 200 Å². The molecule has 33 heavy (non-hydrogen) atoms. The zero-order chi connectivity index (χ0) is 23.6. The molecule has 0 saturated carbocycles. The van der Waals surface area contributed by atoms with Crippen molar-refractivity contribution in [3.63, 3.8) is 0 Å². The summed E-state index contributed by atoms with van der Waals surface area (Å²) in [5.74, 6) is -0.506.